The highest BCUT2D eigenvalue weighted by Gasteiger charge is 2.37. The minimum absolute atomic E-state index is 0.0384. The average molecular weight is 523 g/mol. The van der Waals surface area contributed by atoms with Crippen LogP contribution in [0.15, 0.2) is 55.1 Å². The Labute approximate surface area is 224 Å². The van der Waals surface area contributed by atoms with Gasteiger partial charge in [-0.25, -0.2) is 4.79 Å². The Balaban J connectivity index is 2.57. The van der Waals surface area contributed by atoms with Gasteiger partial charge in [-0.15, -0.1) is 6.58 Å². The van der Waals surface area contributed by atoms with Crippen molar-refractivity contribution in [2.45, 2.75) is 65.6 Å². The highest BCUT2D eigenvalue weighted by Crippen LogP contribution is 2.29. The van der Waals surface area contributed by atoms with Crippen molar-refractivity contribution in [3.05, 3.63) is 77.4 Å². The maximum absolute atomic E-state index is 13.9. The van der Waals surface area contributed by atoms with E-state index in [1.54, 1.807) is 32.9 Å². The van der Waals surface area contributed by atoms with Gasteiger partial charge in [0, 0.05) is 12.2 Å². The SMILES string of the molecule is C=CCN(C(=O)C(CC(N)=O)NC(=O)OC(C)(C)C)C(C(=O)Nc1c(C)cccc1C)c1ccccc1C. The fraction of sp³-hybridized carbons (Fsp3) is 0.379. The molecule has 2 atom stereocenters. The number of nitrogens with two attached hydrogens (primary N) is 1. The highest BCUT2D eigenvalue weighted by atomic mass is 16.6. The van der Waals surface area contributed by atoms with E-state index in [2.05, 4.69) is 17.2 Å². The van der Waals surface area contributed by atoms with Crippen LogP contribution in [0.3, 0.4) is 0 Å². The molecule has 0 aliphatic rings. The molecule has 0 saturated carbocycles. The molecule has 0 saturated heterocycles. The van der Waals surface area contributed by atoms with E-state index in [1.807, 2.05) is 51.1 Å². The number of para-hydroxylation sites is 1. The Kier molecular flexibility index (Phi) is 10.2. The Bertz CT molecular complexity index is 1180. The molecule has 2 aromatic rings. The predicted molar refractivity (Wildman–Crippen MR) is 147 cm³/mol. The Hall–Kier alpha value is -4.14. The van der Waals surface area contributed by atoms with Crippen LogP contribution in [0.4, 0.5) is 10.5 Å². The van der Waals surface area contributed by atoms with Crippen LogP contribution in [-0.2, 0) is 19.1 Å². The molecule has 0 aliphatic carbocycles. The van der Waals surface area contributed by atoms with Crippen molar-refractivity contribution >= 4 is 29.5 Å². The van der Waals surface area contributed by atoms with E-state index in [0.29, 0.717) is 11.3 Å². The standard InChI is InChI=1S/C29H38N4O5/c1-8-16-33(27(36)22(17-23(30)34)31-28(37)38-29(5,6)7)25(21-15-10-9-12-18(21)2)26(35)32-24-19(3)13-11-14-20(24)4/h8-15,22,25H,1,16-17H2,2-7H3,(H2,30,34)(H,31,37)(H,32,35). The summed E-state index contributed by atoms with van der Waals surface area (Å²) in [5, 5.41) is 5.43. The number of carbonyl (C=O) groups excluding carboxylic acids is 4. The van der Waals surface area contributed by atoms with Gasteiger partial charge < -0.3 is 26.0 Å². The van der Waals surface area contributed by atoms with Crippen molar-refractivity contribution in [2.24, 2.45) is 5.73 Å². The Morgan fingerprint density at radius 3 is 2.11 bits per heavy atom. The lowest BCUT2D eigenvalue weighted by Gasteiger charge is -2.34. The molecule has 0 fully saturated rings. The van der Waals surface area contributed by atoms with E-state index in [-0.39, 0.29) is 6.54 Å². The molecule has 9 heteroatoms. The number of hydrogen-bond acceptors (Lipinski definition) is 5. The summed E-state index contributed by atoms with van der Waals surface area (Å²) in [7, 11) is 0. The molecule has 0 aliphatic heterocycles. The molecule has 0 heterocycles. The maximum atomic E-state index is 13.9. The molecule has 4 amide bonds. The number of anilines is 1. The lowest BCUT2D eigenvalue weighted by atomic mass is 9.97. The predicted octanol–water partition coefficient (Wildman–Crippen LogP) is 4.07. The van der Waals surface area contributed by atoms with E-state index >= 15 is 0 Å². The summed E-state index contributed by atoms with van der Waals surface area (Å²) in [6.07, 6.45) is 0.109. The Morgan fingerprint density at radius 2 is 1.58 bits per heavy atom. The van der Waals surface area contributed by atoms with Gasteiger partial charge in [-0.2, -0.15) is 0 Å². The molecule has 4 N–H and O–H groups in total. The van der Waals surface area contributed by atoms with Crippen LogP contribution in [0.2, 0.25) is 0 Å². The number of benzene rings is 2. The highest BCUT2D eigenvalue weighted by molar-refractivity contribution is 6.00. The normalized spacial score (nSPS) is 12.6. The van der Waals surface area contributed by atoms with Gasteiger partial charge in [-0.05, 0) is 63.8 Å². The van der Waals surface area contributed by atoms with Crippen molar-refractivity contribution in [1.82, 2.24) is 10.2 Å². The van der Waals surface area contributed by atoms with Gasteiger partial charge >= 0.3 is 6.09 Å². The molecule has 2 aromatic carbocycles. The summed E-state index contributed by atoms with van der Waals surface area (Å²) in [5.74, 6) is -1.94. The van der Waals surface area contributed by atoms with Gasteiger partial charge in [0.05, 0.1) is 6.42 Å². The van der Waals surface area contributed by atoms with Crippen LogP contribution in [0.25, 0.3) is 0 Å². The minimum Gasteiger partial charge on any atom is -0.444 e. The van der Waals surface area contributed by atoms with Gasteiger partial charge in [0.2, 0.25) is 11.8 Å². The first-order chi connectivity index (χ1) is 17.7. The van der Waals surface area contributed by atoms with Crippen LogP contribution >= 0.6 is 0 Å². The van der Waals surface area contributed by atoms with E-state index < -0.39 is 47.9 Å². The summed E-state index contributed by atoms with van der Waals surface area (Å²) in [6, 6.07) is 10.4. The smallest absolute Gasteiger partial charge is 0.408 e. The number of primary amides is 1. The zero-order valence-electron chi connectivity index (χ0n) is 23.0. The van der Waals surface area contributed by atoms with Crippen LogP contribution in [0.5, 0.6) is 0 Å². The van der Waals surface area contributed by atoms with E-state index in [0.717, 1.165) is 16.7 Å². The van der Waals surface area contributed by atoms with Crippen LogP contribution in [0, 0.1) is 20.8 Å². The number of carbonyl (C=O) groups is 4. The molecule has 0 aromatic heterocycles. The molecule has 9 nitrogen and oxygen atoms in total. The lowest BCUT2D eigenvalue weighted by Crippen LogP contribution is -2.53. The zero-order chi connectivity index (χ0) is 28.6. The van der Waals surface area contributed by atoms with Crippen molar-refractivity contribution in [3.63, 3.8) is 0 Å². The third-order valence-corrected chi connectivity index (χ3v) is 5.78. The monoisotopic (exact) mass is 522 g/mol. The van der Waals surface area contributed by atoms with Gasteiger partial charge in [0.15, 0.2) is 0 Å². The first-order valence-electron chi connectivity index (χ1n) is 12.4. The zero-order valence-corrected chi connectivity index (χ0v) is 23.0. The number of nitrogens with one attached hydrogen (secondary N) is 2. The van der Waals surface area contributed by atoms with E-state index in [4.69, 9.17) is 10.5 Å². The number of hydrogen-bond donors (Lipinski definition) is 3. The summed E-state index contributed by atoms with van der Waals surface area (Å²) in [5.41, 5.74) is 8.31. The number of ether oxygens (including phenoxy) is 1. The average Bonchev–Trinajstić information content (AvgIpc) is 2.80. The molecule has 0 radical (unpaired) electrons. The largest absolute Gasteiger partial charge is 0.444 e. The second-order valence-electron chi connectivity index (χ2n) is 10.2. The molecule has 38 heavy (non-hydrogen) atoms. The quantitative estimate of drug-likeness (QED) is 0.405. The molecule has 2 unspecified atom stereocenters. The van der Waals surface area contributed by atoms with Crippen molar-refractivity contribution < 1.29 is 23.9 Å². The summed E-state index contributed by atoms with van der Waals surface area (Å²) in [4.78, 5) is 53.5. The first-order valence-corrected chi connectivity index (χ1v) is 12.4. The molecule has 2 rings (SSSR count). The molecular weight excluding hydrogens is 484 g/mol. The van der Waals surface area contributed by atoms with Crippen LogP contribution < -0.4 is 16.4 Å². The van der Waals surface area contributed by atoms with Gasteiger partial charge in [0.1, 0.15) is 17.7 Å². The summed E-state index contributed by atoms with van der Waals surface area (Å²) in [6.45, 7) is 14.3. The van der Waals surface area contributed by atoms with Crippen molar-refractivity contribution in [1.29, 1.82) is 0 Å². The minimum atomic E-state index is -1.36. The van der Waals surface area contributed by atoms with Crippen molar-refractivity contribution in [3.8, 4) is 0 Å². The van der Waals surface area contributed by atoms with Crippen LogP contribution in [-0.4, -0.2) is 46.9 Å². The topological polar surface area (TPSA) is 131 Å². The fourth-order valence-electron chi connectivity index (χ4n) is 4.06. The maximum Gasteiger partial charge on any atom is 0.408 e. The number of rotatable bonds is 10. The van der Waals surface area contributed by atoms with E-state index in [9.17, 15) is 19.2 Å². The third kappa shape index (κ3) is 8.19. The van der Waals surface area contributed by atoms with Crippen LogP contribution in [0.1, 0.15) is 55.5 Å². The number of aryl methyl sites for hydroxylation is 3. The first kappa shape index (κ1) is 30.1. The second kappa shape index (κ2) is 12.9. The Morgan fingerprint density at radius 1 is 1.00 bits per heavy atom. The van der Waals surface area contributed by atoms with Crippen molar-refractivity contribution in [2.75, 3.05) is 11.9 Å². The number of amides is 4. The van der Waals surface area contributed by atoms with Gasteiger partial charge in [-0.1, -0.05) is 48.5 Å². The number of alkyl carbamates (subject to hydrolysis) is 1. The van der Waals surface area contributed by atoms with Gasteiger partial charge in [-0.3, -0.25) is 14.4 Å². The summed E-state index contributed by atoms with van der Waals surface area (Å²) < 4.78 is 5.28. The molecule has 0 spiro atoms. The second-order valence-corrected chi connectivity index (χ2v) is 10.2. The van der Waals surface area contributed by atoms with Gasteiger partial charge in [0.25, 0.3) is 5.91 Å². The number of nitrogens with zero attached hydrogens (tertiary/aromatic N) is 1. The molecular formula is C29H38N4O5. The molecule has 204 valence electrons. The summed E-state index contributed by atoms with van der Waals surface area (Å²) >= 11 is 0. The molecule has 0 bridgehead atoms. The fourth-order valence-corrected chi connectivity index (χ4v) is 4.06. The third-order valence-electron chi connectivity index (χ3n) is 5.78. The van der Waals surface area contributed by atoms with E-state index in [1.165, 1.54) is 11.0 Å². The lowest BCUT2D eigenvalue weighted by molar-refractivity contribution is -0.141.